The summed E-state index contributed by atoms with van der Waals surface area (Å²) in [5, 5.41) is 8.10. The first-order chi connectivity index (χ1) is 12.1. The van der Waals surface area contributed by atoms with Gasteiger partial charge in [-0.3, -0.25) is 0 Å². The standard InChI is InChI=1S/C20H26N4O/c1-5-19(16-7-9-18(10-8-16)25-6-2)21-12-17-13-22-24-15(4)11-14(3)23-20(17)24/h7-11,13,19,21H,5-6,12H2,1-4H3. The Kier molecular flexibility index (Phi) is 5.34. The molecule has 2 heterocycles. The zero-order chi connectivity index (χ0) is 17.8. The minimum atomic E-state index is 0.288. The Bertz CT molecular complexity index is 839. The number of benzene rings is 1. The average molecular weight is 338 g/mol. The normalized spacial score (nSPS) is 12.5. The number of aromatic nitrogens is 3. The second-order valence-electron chi connectivity index (χ2n) is 6.29. The molecule has 132 valence electrons. The highest BCUT2D eigenvalue weighted by atomic mass is 16.5. The van der Waals surface area contributed by atoms with E-state index in [0.29, 0.717) is 6.61 Å². The van der Waals surface area contributed by atoms with Crippen molar-refractivity contribution in [2.45, 2.75) is 46.7 Å². The predicted octanol–water partition coefficient (Wildman–Crippen LogP) is 3.99. The van der Waals surface area contributed by atoms with Crippen LogP contribution in [0.3, 0.4) is 0 Å². The lowest BCUT2D eigenvalue weighted by Crippen LogP contribution is -2.20. The maximum absolute atomic E-state index is 5.52. The van der Waals surface area contributed by atoms with Crippen molar-refractivity contribution in [1.82, 2.24) is 19.9 Å². The summed E-state index contributed by atoms with van der Waals surface area (Å²) in [5.41, 5.74) is 5.45. The molecule has 25 heavy (non-hydrogen) atoms. The molecule has 5 heteroatoms. The van der Waals surface area contributed by atoms with Crippen molar-refractivity contribution >= 4 is 5.65 Å². The first-order valence-corrected chi connectivity index (χ1v) is 8.89. The van der Waals surface area contributed by atoms with Crippen LogP contribution < -0.4 is 10.1 Å². The Morgan fingerprint density at radius 2 is 1.92 bits per heavy atom. The number of hydrogen-bond acceptors (Lipinski definition) is 4. The van der Waals surface area contributed by atoms with Gasteiger partial charge in [-0.2, -0.15) is 5.10 Å². The molecular weight excluding hydrogens is 312 g/mol. The number of rotatable bonds is 7. The van der Waals surface area contributed by atoms with Crippen molar-refractivity contribution in [3.8, 4) is 5.75 Å². The second-order valence-corrected chi connectivity index (χ2v) is 6.29. The first kappa shape index (κ1) is 17.4. The van der Waals surface area contributed by atoms with Gasteiger partial charge in [0.15, 0.2) is 5.65 Å². The number of nitrogens with zero attached hydrogens (tertiary/aromatic N) is 3. The number of fused-ring (bicyclic) bond motifs is 1. The summed E-state index contributed by atoms with van der Waals surface area (Å²) in [6.07, 6.45) is 2.92. The molecule has 1 unspecified atom stereocenters. The highest BCUT2D eigenvalue weighted by Crippen LogP contribution is 2.21. The highest BCUT2D eigenvalue weighted by Gasteiger charge is 2.12. The van der Waals surface area contributed by atoms with Gasteiger partial charge in [-0.05, 0) is 51.0 Å². The monoisotopic (exact) mass is 338 g/mol. The van der Waals surface area contributed by atoms with E-state index >= 15 is 0 Å². The quantitative estimate of drug-likeness (QED) is 0.708. The molecule has 2 aromatic heterocycles. The molecule has 0 spiro atoms. The molecule has 0 radical (unpaired) electrons. The van der Waals surface area contributed by atoms with Gasteiger partial charge in [-0.15, -0.1) is 0 Å². The molecule has 1 atom stereocenters. The van der Waals surface area contributed by atoms with Gasteiger partial charge in [0.25, 0.3) is 0 Å². The molecular formula is C20H26N4O. The Hall–Kier alpha value is -2.40. The molecule has 0 fully saturated rings. The molecule has 0 aliphatic rings. The van der Waals surface area contributed by atoms with Crippen molar-refractivity contribution < 1.29 is 4.74 Å². The maximum atomic E-state index is 5.52. The lowest BCUT2D eigenvalue weighted by Gasteiger charge is -2.17. The lowest BCUT2D eigenvalue weighted by atomic mass is 10.0. The van der Waals surface area contributed by atoms with E-state index < -0.39 is 0 Å². The van der Waals surface area contributed by atoms with Crippen LogP contribution in [0.15, 0.2) is 36.5 Å². The molecule has 3 rings (SSSR count). The zero-order valence-electron chi connectivity index (χ0n) is 15.4. The summed E-state index contributed by atoms with van der Waals surface area (Å²) in [6, 6.07) is 10.7. The largest absolute Gasteiger partial charge is 0.494 e. The topological polar surface area (TPSA) is 51.5 Å². The van der Waals surface area contributed by atoms with Crippen LogP contribution >= 0.6 is 0 Å². The third-order valence-electron chi connectivity index (χ3n) is 4.39. The van der Waals surface area contributed by atoms with Gasteiger partial charge >= 0.3 is 0 Å². The number of aryl methyl sites for hydroxylation is 2. The molecule has 0 aliphatic heterocycles. The lowest BCUT2D eigenvalue weighted by molar-refractivity contribution is 0.340. The van der Waals surface area contributed by atoms with Crippen molar-refractivity contribution in [3.63, 3.8) is 0 Å². The van der Waals surface area contributed by atoms with Crippen LogP contribution in [0.4, 0.5) is 0 Å². The van der Waals surface area contributed by atoms with Crippen LogP contribution in [0, 0.1) is 13.8 Å². The number of ether oxygens (including phenoxy) is 1. The highest BCUT2D eigenvalue weighted by molar-refractivity contribution is 5.48. The summed E-state index contributed by atoms with van der Waals surface area (Å²) in [6.45, 7) is 9.70. The molecule has 0 bridgehead atoms. The molecule has 0 saturated heterocycles. The Morgan fingerprint density at radius 3 is 2.60 bits per heavy atom. The Morgan fingerprint density at radius 1 is 1.16 bits per heavy atom. The van der Waals surface area contributed by atoms with Crippen LogP contribution in [0.2, 0.25) is 0 Å². The van der Waals surface area contributed by atoms with Gasteiger partial charge in [0, 0.05) is 29.5 Å². The van der Waals surface area contributed by atoms with E-state index in [2.05, 4.69) is 41.4 Å². The van der Waals surface area contributed by atoms with Crippen LogP contribution in [0.25, 0.3) is 5.65 Å². The SMILES string of the molecule is CCOc1ccc(C(CC)NCc2cnn3c(C)cc(C)nc23)cc1. The van der Waals surface area contributed by atoms with E-state index in [1.54, 1.807) is 0 Å². The minimum Gasteiger partial charge on any atom is -0.494 e. The molecule has 1 aromatic carbocycles. The fraction of sp³-hybridized carbons (Fsp3) is 0.400. The average Bonchev–Trinajstić information content (AvgIpc) is 3.00. The number of nitrogens with one attached hydrogen (secondary N) is 1. The van der Waals surface area contributed by atoms with Gasteiger partial charge in [0.05, 0.1) is 12.8 Å². The molecule has 0 aliphatic carbocycles. The van der Waals surface area contributed by atoms with Gasteiger partial charge in [-0.1, -0.05) is 19.1 Å². The summed E-state index contributed by atoms with van der Waals surface area (Å²) in [5.74, 6) is 0.916. The zero-order valence-corrected chi connectivity index (χ0v) is 15.4. The van der Waals surface area contributed by atoms with Crippen LogP contribution in [-0.2, 0) is 6.54 Å². The van der Waals surface area contributed by atoms with Crippen LogP contribution in [0.5, 0.6) is 5.75 Å². The first-order valence-electron chi connectivity index (χ1n) is 8.89. The molecule has 0 saturated carbocycles. The summed E-state index contributed by atoms with van der Waals surface area (Å²) < 4.78 is 7.43. The van der Waals surface area contributed by atoms with Crippen molar-refractivity contribution in [1.29, 1.82) is 0 Å². The summed E-state index contributed by atoms with van der Waals surface area (Å²) >= 11 is 0. The van der Waals surface area contributed by atoms with E-state index in [4.69, 9.17) is 4.74 Å². The van der Waals surface area contributed by atoms with E-state index in [-0.39, 0.29) is 6.04 Å². The van der Waals surface area contributed by atoms with Gasteiger partial charge in [0.1, 0.15) is 5.75 Å². The molecule has 5 nitrogen and oxygen atoms in total. The second kappa shape index (κ2) is 7.66. The summed E-state index contributed by atoms with van der Waals surface area (Å²) in [4.78, 5) is 4.65. The van der Waals surface area contributed by atoms with E-state index in [0.717, 1.165) is 41.3 Å². The minimum absolute atomic E-state index is 0.288. The van der Waals surface area contributed by atoms with E-state index in [1.807, 2.05) is 42.8 Å². The smallest absolute Gasteiger partial charge is 0.159 e. The molecule has 0 amide bonds. The third-order valence-corrected chi connectivity index (χ3v) is 4.39. The van der Waals surface area contributed by atoms with Crippen molar-refractivity contribution in [2.24, 2.45) is 0 Å². The molecule has 1 N–H and O–H groups in total. The maximum Gasteiger partial charge on any atom is 0.159 e. The van der Waals surface area contributed by atoms with Crippen LogP contribution in [0.1, 0.15) is 48.8 Å². The van der Waals surface area contributed by atoms with Gasteiger partial charge < -0.3 is 10.1 Å². The van der Waals surface area contributed by atoms with Crippen molar-refractivity contribution in [2.75, 3.05) is 6.61 Å². The molecule has 3 aromatic rings. The third kappa shape index (κ3) is 3.82. The van der Waals surface area contributed by atoms with Crippen molar-refractivity contribution in [3.05, 3.63) is 59.0 Å². The van der Waals surface area contributed by atoms with Crippen LogP contribution in [-0.4, -0.2) is 21.2 Å². The predicted molar refractivity (Wildman–Crippen MR) is 99.9 cm³/mol. The van der Waals surface area contributed by atoms with E-state index in [9.17, 15) is 0 Å². The van der Waals surface area contributed by atoms with Gasteiger partial charge in [0.2, 0.25) is 0 Å². The summed E-state index contributed by atoms with van der Waals surface area (Å²) in [7, 11) is 0. The van der Waals surface area contributed by atoms with E-state index in [1.165, 1.54) is 5.56 Å². The Labute approximate surface area is 149 Å². The Balaban J connectivity index is 1.75. The number of hydrogen-bond donors (Lipinski definition) is 1. The fourth-order valence-electron chi connectivity index (χ4n) is 3.13. The fourth-order valence-corrected chi connectivity index (χ4v) is 3.13. The van der Waals surface area contributed by atoms with Gasteiger partial charge in [-0.25, -0.2) is 9.50 Å².